The molecule has 0 atom stereocenters. The average molecular weight is 210 g/mol. The van der Waals surface area contributed by atoms with Crippen molar-refractivity contribution < 1.29 is 0 Å². The van der Waals surface area contributed by atoms with Crippen molar-refractivity contribution >= 4 is 11.1 Å². The van der Waals surface area contributed by atoms with E-state index in [4.69, 9.17) is 0 Å². The van der Waals surface area contributed by atoms with Crippen LogP contribution in [0.15, 0.2) is 23.3 Å². The second-order valence-electron chi connectivity index (χ2n) is 5.33. The van der Waals surface area contributed by atoms with E-state index >= 15 is 0 Å². The standard InChI is InChI=1S/C16H18/c1-9-5-13-7-14-6-10(2)12(4)16(14)8-15(13)11(9)3/h7-8H,5-6H2,1-4H3. The van der Waals surface area contributed by atoms with Gasteiger partial charge < -0.3 is 0 Å². The summed E-state index contributed by atoms with van der Waals surface area (Å²) >= 11 is 0. The van der Waals surface area contributed by atoms with Crippen LogP contribution in [0.2, 0.25) is 0 Å². The summed E-state index contributed by atoms with van der Waals surface area (Å²) in [6.45, 7) is 9.03. The van der Waals surface area contributed by atoms with Crippen molar-refractivity contribution in [3.63, 3.8) is 0 Å². The quantitative estimate of drug-likeness (QED) is 0.596. The monoisotopic (exact) mass is 210 g/mol. The van der Waals surface area contributed by atoms with Gasteiger partial charge in [-0.15, -0.1) is 0 Å². The van der Waals surface area contributed by atoms with Crippen molar-refractivity contribution in [2.75, 3.05) is 0 Å². The Bertz CT molecular complexity index is 506. The number of hydrogen-bond donors (Lipinski definition) is 0. The van der Waals surface area contributed by atoms with Crippen molar-refractivity contribution in [3.05, 3.63) is 45.5 Å². The predicted molar refractivity (Wildman–Crippen MR) is 70.4 cm³/mol. The molecule has 0 unspecified atom stereocenters. The van der Waals surface area contributed by atoms with Crippen molar-refractivity contribution in [3.8, 4) is 0 Å². The van der Waals surface area contributed by atoms with E-state index in [1.54, 1.807) is 0 Å². The Kier molecular flexibility index (Phi) is 1.92. The molecule has 0 spiro atoms. The van der Waals surface area contributed by atoms with Gasteiger partial charge in [-0.25, -0.2) is 0 Å². The number of allylic oxidation sites excluding steroid dienone is 4. The third-order valence-electron chi connectivity index (χ3n) is 4.33. The highest BCUT2D eigenvalue weighted by Gasteiger charge is 2.22. The van der Waals surface area contributed by atoms with Crippen LogP contribution in [-0.2, 0) is 12.8 Å². The lowest BCUT2D eigenvalue weighted by molar-refractivity contribution is 1.15. The summed E-state index contributed by atoms with van der Waals surface area (Å²) in [6.07, 6.45) is 2.32. The van der Waals surface area contributed by atoms with E-state index < -0.39 is 0 Å². The fourth-order valence-electron chi connectivity index (χ4n) is 2.98. The molecular formula is C16H18. The van der Waals surface area contributed by atoms with Gasteiger partial charge in [0.25, 0.3) is 0 Å². The first kappa shape index (κ1) is 9.89. The summed E-state index contributed by atoms with van der Waals surface area (Å²) in [5.41, 5.74) is 12.1. The van der Waals surface area contributed by atoms with E-state index in [0.29, 0.717) is 0 Å². The van der Waals surface area contributed by atoms with Crippen LogP contribution in [0.1, 0.15) is 49.9 Å². The highest BCUT2D eigenvalue weighted by molar-refractivity contribution is 5.82. The van der Waals surface area contributed by atoms with Crippen LogP contribution >= 0.6 is 0 Å². The van der Waals surface area contributed by atoms with Crippen LogP contribution in [0.4, 0.5) is 0 Å². The lowest BCUT2D eigenvalue weighted by Gasteiger charge is -2.07. The SMILES string of the molecule is CC1=C(C)c2cc3c(cc2C1)CC(C)=C3C. The molecule has 0 saturated heterocycles. The molecule has 0 saturated carbocycles. The number of rotatable bonds is 0. The summed E-state index contributed by atoms with van der Waals surface area (Å²) in [5, 5.41) is 0. The van der Waals surface area contributed by atoms with Gasteiger partial charge >= 0.3 is 0 Å². The molecule has 2 aliphatic rings. The van der Waals surface area contributed by atoms with E-state index in [0.717, 1.165) is 12.8 Å². The van der Waals surface area contributed by atoms with Crippen LogP contribution in [0.3, 0.4) is 0 Å². The van der Waals surface area contributed by atoms with Gasteiger partial charge in [-0.1, -0.05) is 17.2 Å². The Morgan fingerprint density at radius 3 is 1.56 bits per heavy atom. The molecule has 0 bridgehead atoms. The Labute approximate surface area is 97.7 Å². The highest BCUT2D eigenvalue weighted by Crippen LogP contribution is 2.39. The Balaban J connectivity index is 2.22. The smallest absolute Gasteiger partial charge is 0.00578 e. The molecule has 0 N–H and O–H groups in total. The van der Waals surface area contributed by atoms with Crippen molar-refractivity contribution in [1.29, 1.82) is 0 Å². The summed E-state index contributed by atoms with van der Waals surface area (Å²) in [7, 11) is 0. The normalized spacial score (nSPS) is 18.2. The minimum atomic E-state index is 1.16. The summed E-state index contributed by atoms with van der Waals surface area (Å²) in [4.78, 5) is 0. The maximum atomic E-state index is 2.44. The number of fused-ring (bicyclic) bond motifs is 2. The minimum absolute atomic E-state index is 1.16. The van der Waals surface area contributed by atoms with Gasteiger partial charge in [0.2, 0.25) is 0 Å². The van der Waals surface area contributed by atoms with Crippen molar-refractivity contribution in [2.24, 2.45) is 0 Å². The Morgan fingerprint density at radius 2 is 1.12 bits per heavy atom. The van der Waals surface area contributed by atoms with Gasteiger partial charge in [0.1, 0.15) is 0 Å². The molecule has 2 aliphatic carbocycles. The third kappa shape index (κ3) is 1.16. The molecule has 82 valence electrons. The van der Waals surface area contributed by atoms with Gasteiger partial charge in [-0.2, -0.15) is 0 Å². The lowest BCUT2D eigenvalue weighted by atomic mass is 9.97. The zero-order valence-electron chi connectivity index (χ0n) is 10.6. The molecule has 3 rings (SSSR count). The number of hydrogen-bond acceptors (Lipinski definition) is 0. The average Bonchev–Trinajstić information content (AvgIpc) is 2.66. The zero-order valence-corrected chi connectivity index (χ0v) is 10.6. The Hall–Kier alpha value is -1.30. The van der Waals surface area contributed by atoms with Crippen molar-refractivity contribution in [1.82, 2.24) is 0 Å². The first-order valence-electron chi connectivity index (χ1n) is 6.07. The molecule has 0 aromatic heterocycles. The van der Waals surface area contributed by atoms with Gasteiger partial charge in [-0.3, -0.25) is 0 Å². The third-order valence-corrected chi connectivity index (χ3v) is 4.33. The molecule has 0 heteroatoms. The summed E-state index contributed by atoms with van der Waals surface area (Å²) in [6, 6.07) is 4.85. The first-order chi connectivity index (χ1) is 7.58. The molecule has 1 aromatic carbocycles. The fourth-order valence-corrected chi connectivity index (χ4v) is 2.98. The van der Waals surface area contributed by atoms with Gasteiger partial charge in [0, 0.05) is 0 Å². The largest absolute Gasteiger partial charge is 0.0654 e. The maximum Gasteiger partial charge on any atom is -0.00578 e. The van der Waals surface area contributed by atoms with Gasteiger partial charge in [0.15, 0.2) is 0 Å². The molecule has 1 aromatic rings. The molecule has 0 heterocycles. The van der Waals surface area contributed by atoms with Gasteiger partial charge in [-0.05, 0) is 80.0 Å². The lowest BCUT2D eigenvalue weighted by Crippen LogP contribution is -1.90. The molecule has 0 aliphatic heterocycles. The maximum absolute atomic E-state index is 2.44. The van der Waals surface area contributed by atoms with Crippen LogP contribution in [0.5, 0.6) is 0 Å². The van der Waals surface area contributed by atoms with E-state index in [1.165, 1.54) is 44.5 Å². The molecule has 0 amide bonds. The highest BCUT2D eigenvalue weighted by atomic mass is 14.3. The summed E-state index contributed by atoms with van der Waals surface area (Å²) in [5.74, 6) is 0. The Morgan fingerprint density at radius 1 is 0.688 bits per heavy atom. The van der Waals surface area contributed by atoms with Crippen LogP contribution in [0.25, 0.3) is 11.1 Å². The van der Waals surface area contributed by atoms with E-state index in [9.17, 15) is 0 Å². The predicted octanol–water partition coefficient (Wildman–Crippen LogP) is 4.39. The van der Waals surface area contributed by atoms with Crippen LogP contribution in [-0.4, -0.2) is 0 Å². The van der Waals surface area contributed by atoms with Crippen molar-refractivity contribution in [2.45, 2.75) is 40.5 Å². The first-order valence-corrected chi connectivity index (χ1v) is 6.07. The topological polar surface area (TPSA) is 0 Å². The fraction of sp³-hybridized carbons (Fsp3) is 0.375. The molecular weight excluding hydrogens is 192 g/mol. The molecule has 0 nitrogen and oxygen atoms in total. The van der Waals surface area contributed by atoms with E-state index in [-0.39, 0.29) is 0 Å². The minimum Gasteiger partial charge on any atom is -0.0654 e. The van der Waals surface area contributed by atoms with E-state index in [2.05, 4.69) is 39.8 Å². The van der Waals surface area contributed by atoms with Crippen LogP contribution in [0, 0.1) is 0 Å². The van der Waals surface area contributed by atoms with Crippen LogP contribution < -0.4 is 0 Å². The second kappa shape index (κ2) is 3.10. The zero-order chi connectivity index (χ0) is 11.4. The second-order valence-corrected chi connectivity index (χ2v) is 5.33. The molecule has 0 radical (unpaired) electrons. The van der Waals surface area contributed by atoms with Gasteiger partial charge in [0.05, 0.1) is 0 Å². The molecule has 16 heavy (non-hydrogen) atoms. The number of benzene rings is 1. The van der Waals surface area contributed by atoms with E-state index in [1.807, 2.05) is 0 Å². The molecule has 0 fully saturated rings. The summed E-state index contributed by atoms with van der Waals surface area (Å²) < 4.78 is 0.